The lowest BCUT2D eigenvalue weighted by Gasteiger charge is -2.33. The summed E-state index contributed by atoms with van der Waals surface area (Å²) in [5, 5.41) is 5.03. The number of anilines is 1. The maximum Gasteiger partial charge on any atom is 0.410 e. The molecule has 0 radical (unpaired) electrons. The smallest absolute Gasteiger partial charge is 0.410 e. The summed E-state index contributed by atoms with van der Waals surface area (Å²) in [7, 11) is -3.85. The fourth-order valence-corrected chi connectivity index (χ4v) is 6.97. The average molecular weight is 537 g/mol. The zero-order valence-corrected chi connectivity index (χ0v) is 23.2. The van der Waals surface area contributed by atoms with Gasteiger partial charge in [0.1, 0.15) is 5.60 Å². The van der Waals surface area contributed by atoms with E-state index in [1.807, 2.05) is 51.1 Å². The number of ether oxygens (including phenoxy) is 1. The Hall–Kier alpha value is -3.20. The van der Waals surface area contributed by atoms with Crippen LogP contribution in [0.15, 0.2) is 52.4 Å². The Bertz CT molecular complexity index is 1440. The van der Waals surface area contributed by atoms with Crippen molar-refractivity contribution in [1.82, 2.24) is 14.9 Å². The molecule has 2 aliphatic rings. The zero-order valence-electron chi connectivity index (χ0n) is 22.4. The second kappa shape index (κ2) is 10.5. The molecule has 1 N–H and O–H groups in total. The highest BCUT2D eigenvalue weighted by atomic mass is 32.2. The number of sulfone groups is 1. The maximum absolute atomic E-state index is 14.0. The third-order valence-electron chi connectivity index (χ3n) is 7.25. The number of benzene rings is 2. The number of aryl methyl sites for hydroxylation is 1. The highest BCUT2D eigenvalue weighted by molar-refractivity contribution is 7.91. The minimum Gasteiger partial charge on any atom is -0.444 e. The summed E-state index contributed by atoms with van der Waals surface area (Å²) in [5.74, 6) is 0.686. The molecule has 0 bridgehead atoms. The van der Waals surface area contributed by atoms with Gasteiger partial charge in [-0.25, -0.2) is 23.2 Å². The van der Waals surface area contributed by atoms with Crippen molar-refractivity contribution in [3.05, 3.63) is 53.7 Å². The lowest BCUT2D eigenvalue weighted by atomic mass is 9.97. The number of nitrogens with zero attached hydrogens (tertiary/aromatic N) is 3. The van der Waals surface area contributed by atoms with Crippen LogP contribution in [0.3, 0.4) is 0 Å². The van der Waals surface area contributed by atoms with Crippen LogP contribution in [0.1, 0.15) is 57.7 Å². The average Bonchev–Trinajstić information content (AvgIpc) is 2.90. The van der Waals surface area contributed by atoms with Crippen molar-refractivity contribution >= 4 is 32.7 Å². The standard InChI is InChI=1S/C29H36N4O4S/c1-29(2,3)37-28(34)33-17-15-20(16-18-33)19-30-27-31-24-13-7-6-12-23(24)26(32-27)38(35,36)25-14-8-10-21-9-4-5-11-22(21)25/h4-5,8-11,14,20H,6-7,12-13,15-19H2,1-3H3,(H,30,31,32). The van der Waals surface area contributed by atoms with Crippen molar-refractivity contribution in [2.24, 2.45) is 5.92 Å². The zero-order chi connectivity index (χ0) is 26.9. The molecule has 1 saturated heterocycles. The number of rotatable bonds is 5. The molecule has 0 atom stereocenters. The molecule has 202 valence electrons. The number of nitrogens with one attached hydrogen (secondary N) is 1. The van der Waals surface area contributed by atoms with E-state index in [1.165, 1.54) is 0 Å². The van der Waals surface area contributed by atoms with Crippen LogP contribution in [0, 0.1) is 5.92 Å². The van der Waals surface area contributed by atoms with Gasteiger partial charge in [-0.15, -0.1) is 0 Å². The fourth-order valence-electron chi connectivity index (χ4n) is 5.28. The number of hydrogen-bond acceptors (Lipinski definition) is 7. The van der Waals surface area contributed by atoms with Crippen LogP contribution in [0.2, 0.25) is 0 Å². The topological polar surface area (TPSA) is 101 Å². The van der Waals surface area contributed by atoms with E-state index in [0.717, 1.165) is 48.7 Å². The van der Waals surface area contributed by atoms with Crippen molar-refractivity contribution in [2.45, 2.75) is 74.8 Å². The van der Waals surface area contributed by atoms with Crippen LogP contribution in [0.4, 0.5) is 10.7 Å². The van der Waals surface area contributed by atoms with Gasteiger partial charge in [0.25, 0.3) is 0 Å². The van der Waals surface area contributed by atoms with Crippen molar-refractivity contribution < 1.29 is 17.9 Å². The normalized spacial score (nSPS) is 16.8. The molecule has 1 fully saturated rings. The van der Waals surface area contributed by atoms with E-state index in [4.69, 9.17) is 9.72 Å². The summed E-state index contributed by atoms with van der Waals surface area (Å²) < 4.78 is 33.5. The van der Waals surface area contributed by atoms with Crippen LogP contribution in [0.25, 0.3) is 10.8 Å². The summed E-state index contributed by atoms with van der Waals surface area (Å²) in [4.78, 5) is 23.8. The summed E-state index contributed by atoms with van der Waals surface area (Å²) in [6.07, 6.45) is 4.72. The molecule has 1 amide bonds. The Kier molecular flexibility index (Phi) is 7.31. The Morgan fingerprint density at radius 2 is 1.74 bits per heavy atom. The molecule has 8 nitrogen and oxygen atoms in total. The Labute approximate surface area is 224 Å². The van der Waals surface area contributed by atoms with Gasteiger partial charge in [-0.2, -0.15) is 0 Å². The molecular weight excluding hydrogens is 500 g/mol. The number of aromatic nitrogens is 2. The molecule has 1 aromatic heterocycles. The minimum atomic E-state index is -3.85. The Morgan fingerprint density at radius 1 is 1.03 bits per heavy atom. The molecule has 9 heteroatoms. The summed E-state index contributed by atoms with van der Waals surface area (Å²) in [6.45, 7) is 7.49. The van der Waals surface area contributed by atoms with Gasteiger partial charge in [-0.3, -0.25) is 0 Å². The predicted molar refractivity (Wildman–Crippen MR) is 147 cm³/mol. The molecule has 1 aliphatic heterocycles. The lowest BCUT2D eigenvalue weighted by Crippen LogP contribution is -2.42. The molecule has 1 aliphatic carbocycles. The van der Waals surface area contributed by atoms with Gasteiger partial charge in [0, 0.05) is 30.6 Å². The van der Waals surface area contributed by atoms with Gasteiger partial charge in [0.05, 0.1) is 10.6 Å². The van der Waals surface area contributed by atoms with Gasteiger partial charge >= 0.3 is 6.09 Å². The molecule has 2 aromatic carbocycles. The fraction of sp³-hybridized carbons (Fsp3) is 0.483. The van der Waals surface area contributed by atoms with E-state index < -0.39 is 15.4 Å². The highest BCUT2D eigenvalue weighted by Gasteiger charge is 2.30. The molecule has 5 rings (SSSR count). The van der Waals surface area contributed by atoms with E-state index >= 15 is 0 Å². The third kappa shape index (κ3) is 5.62. The number of carbonyl (C=O) groups excluding carboxylic acids is 1. The highest BCUT2D eigenvalue weighted by Crippen LogP contribution is 2.33. The predicted octanol–water partition coefficient (Wildman–Crippen LogP) is 5.40. The van der Waals surface area contributed by atoms with E-state index in [-0.39, 0.29) is 16.0 Å². The molecular formula is C29H36N4O4S. The van der Waals surface area contributed by atoms with Crippen molar-refractivity contribution in [2.75, 3.05) is 25.0 Å². The van der Waals surface area contributed by atoms with E-state index in [2.05, 4.69) is 10.3 Å². The molecule has 38 heavy (non-hydrogen) atoms. The SMILES string of the molecule is CC(C)(C)OC(=O)N1CCC(CNc2nc3c(c(S(=O)(=O)c4cccc5ccccc45)n2)CCCC3)CC1. The quantitative estimate of drug-likeness (QED) is 0.436. The van der Waals surface area contributed by atoms with Crippen LogP contribution in [-0.4, -0.2) is 54.6 Å². The molecule has 3 aromatic rings. The van der Waals surface area contributed by atoms with Crippen LogP contribution in [0.5, 0.6) is 0 Å². The first-order valence-corrected chi connectivity index (χ1v) is 14.9. The number of fused-ring (bicyclic) bond motifs is 2. The van der Waals surface area contributed by atoms with Crippen LogP contribution >= 0.6 is 0 Å². The Morgan fingerprint density at radius 3 is 2.50 bits per heavy atom. The van der Waals surface area contributed by atoms with Gasteiger partial charge in [0.2, 0.25) is 15.8 Å². The van der Waals surface area contributed by atoms with Gasteiger partial charge in [0.15, 0.2) is 5.03 Å². The maximum atomic E-state index is 14.0. The van der Waals surface area contributed by atoms with E-state index in [1.54, 1.807) is 17.0 Å². The monoisotopic (exact) mass is 536 g/mol. The van der Waals surface area contributed by atoms with E-state index in [9.17, 15) is 13.2 Å². The van der Waals surface area contributed by atoms with Crippen molar-refractivity contribution in [3.63, 3.8) is 0 Å². The number of hydrogen-bond donors (Lipinski definition) is 1. The molecule has 0 spiro atoms. The van der Waals surface area contributed by atoms with Gasteiger partial charge in [-0.1, -0.05) is 36.4 Å². The first-order chi connectivity index (χ1) is 18.1. The number of amides is 1. The van der Waals surface area contributed by atoms with Crippen molar-refractivity contribution in [1.29, 1.82) is 0 Å². The van der Waals surface area contributed by atoms with Crippen molar-refractivity contribution in [3.8, 4) is 0 Å². The summed E-state index contributed by atoms with van der Waals surface area (Å²) in [6, 6.07) is 12.9. The summed E-state index contributed by atoms with van der Waals surface area (Å²) in [5.41, 5.74) is 1.07. The first kappa shape index (κ1) is 26.4. The number of piperidine rings is 1. The van der Waals surface area contributed by atoms with Crippen LogP contribution in [-0.2, 0) is 27.4 Å². The number of carbonyl (C=O) groups is 1. The molecule has 0 saturated carbocycles. The third-order valence-corrected chi connectivity index (χ3v) is 9.04. The van der Waals surface area contributed by atoms with Crippen LogP contribution < -0.4 is 5.32 Å². The lowest BCUT2D eigenvalue weighted by molar-refractivity contribution is 0.0188. The van der Waals surface area contributed by atoms with Gasteiger partial charge < -0.3 is 15.0 Å². The molecule has 2 heterocycles. The second-order valence-electron chi connectivity index (χ2n) is 11.3. The summed E-state index contributed by atoms with van der Waals surface area (Å²) >= 11 is 0. The van der Waals surface area contributed by atoms with E-state index in [0.29, 0.717) is 43.3 Å². The Balaban J connectivity index is 1.35. The number of likely N-dealkylation sites (tertiary alicyclic amines) is 1. The largest absolute Gasteiger partial charge is 0.444 e. The van der Waals surface area contributed by atoms with Gasteiger partial charge in [-0.05, 0) is 76.7 Å². The second-order valence-corrected chi connectivity index (χ2v) is 13.1. The molecule has 0 unspecified atom stereocenters. The first-order valence-electron chi connectivity index (χ1n) is 13.5. The minimum absolute atomic E-state index is 0.126.